The summed E-state index contributed by atoms with van der Waals surface area (Å²) >= 11 is 0. The largest absolute Gasteiger partial charge is 0.366 e. The number of nitrogens with one attached hydrogen (secondary N) is 2. The fourth-order valence-corrected chi connectivity index (χ4v) is 2.03. The second-order valence-corrected chi connectivity index (χ2v) is 4.66. The average molecular weight is 272 g/mol. The fraction of sp³-hybridized carbons (Fsp3) is 0.214. The van der Waals surface area contributed by atoms with Crippen molar-refractivity contribution in [3.05, 3.63) is 46.3 Å². The van der Waals surface area contributed by atoms with Gasteiger partial charge in [-0.3, -0.25) is 14.7 Å². The minimum Gasteiger partial charge on any atom is -0.366 e. The maximum Gasteiger partial charge on any atom is 0.259 e. The molecule has 1 heterocycles. The van der Waals surface area contributed by atoms with Crippen LogP contribution in [0.5, 0.6) is 0 Å². The van der Waals surface area contributed by atoms with E-state index in [4.69, 9.17) is 5.73 Å². The standard InChI is InChI=1S/C14H16N4O2/c1-7-6-10(13(15)19)4-5-11(7)16-14(20)12-8(2)17-18-9(12)3/h4-6H,1-3H3,(H2,15,19)(H,16,20)(H,17,18). The highest BCUT2D eigenvalue weighted by Gasteiger charge is 2.16. The number of primary amides is 1. The van der Waals surface area contributed by atoms with E-state index in [1.807, 2.05) is 0 Å². The van der Waals surface area contributed by atoms with Crippen LogP contribution in [0.25, 0.3) is 0 Å². The Morgan fingerprint density at radius 3 is 2.45 bits per heavy atom. The number of nitrogens with zero attached hydrogens (tertiary/aromatic N) is 1. The molecule has 4 N–H and O–H groups in total. The molecule has 0 fully saturated rings. The first-order chi connectivity index (χ1) is 9.40. The van der Waals surface area contributed by atoms with E-state index in [0.717, 1.165) is 5.56 Å². The van der Waals surface area contributed by atoms with Gasteiger partial charge in [-0.05, 0) is 44.5 Å². The lowest BCUT2D eigenvalue weighted by Crippen LogP contribution is -2.15. The summed E-state index contributed by atoms with van der Waals surface area (Å²) in [5.41, 5.74) is 8.93. The van der Waals surface area contributed by atoms with Gasteiger partial charge < -0.3 is 11.1 Å². The summed E-state index contributed by atoms with van der Waals surface area (Å²) in [7, 11) is 0. The molecule has 0 saturated carbocycles. The number of hydrogen-bond acceptors (Lipinski definition) is 3. The van der Waals surface area contributed by atoms with Gasteiger partial charge >= 0.3 is 0 Å². The highest BCUT2D eigenvalue weighted by molar-refractivity contribution is 6.06. The molecule has 2 aromatic rings. The van der Waals surface area contributed by atoms with Crippen molar-refractivity contribution in [2.24, 2.45) is 5.73 Å². The van der Waals surface area contributed by atoms with Crippen molar-refractivity contribution in [1.29, 1.82) is 0 Å². The molecule has 20 heavy (non-hydrogen) atoms. The Kier molecular flexibility index (Phi) is 3.56. The Morgan fingerprint density at radius 1 is 1.25 bits per heavy atom. The normalized spacial score (nSPS) is 10.3. The smallest absolute Gasteiger partial charge is 0.259 e. The van der Waals surface area contributed by atoms with Crippen molar-refractivity contribution >= 4 is 17.5 Å². The Bertz CT molecular complexity index is 669. The van der Waals surface area contributed by atoms with Gasteiger partial charge in [0.05, 0.1) is 11.3 Å². The van der Waals surface area contributed by atoms with Crippen LogP contribution in [0.1, 0.15) is 37.7 Å². The van der Waals surface area contributed by atoms with Crippen LogP contribution in [0.4, 0.5) is 5.69 Å². The fourth-order valence-electron chi connectivity index (χ4n) is 2.03. The third-order valence-corrected chi connectivity index (χ3v) is 3.11. The van der Waals surface area contributed by atoms with Crippen molar-refractivity contribution < 1.29 is 9.59 Å². The number of H-pyrrole nitrogens is 1. The summed E-state index contributed by atoms with van der Waals surface area (Å²) < 4.78 is 0. The van der Waals surface area contributed by atoms with Crippen molar-refractivity contribution in [2.45, 2.75) is 20.8 Å². The molecule has 2 amide bonds. The van der Waals surface area contributed by atoms with Gasteiger partial charge in [0.2, 0.25) is 5.91 Å². The molecular weight excluding hydrogens is 256 g/mol. The van der Waals surface area contributed by atoms with Gasteiger partial charge in [-0.2, -0.15) is 5.10 Å². The first kappa shape index (κ1) is 13.8. The maximum atomic E-state index is 12.2. The lowest BCUT2D eigenvalue weighted by molar-refractivity contribution is 0.0998. The van der Waals surface area contributed by atoms with E-state index in [-0.39, 0.29) is 5.91 Å². The van der Waals surface area contributed by atoms with E-state index >= 15 is 0 Å². The predicted octanol–water partition coefficient (Wildman–Crippen LogP) is 1.69. The number of anilines is 1. The molecule has 1 aromatic heterocycles. The summed E-state index contributed by atoms with van der Waals surface area (Å²) in [5, 5.41) is 9.57. The van der Waals surface area contributed by atoms with Gasteiger partial charge in [0, 0.05) is 16.9 Å². The predicted molar refractivity (Wildman–Crippen MR) is 75.7 cm³/mol. The van der Waals surface area contributed by atoms with Gasteiger partial charge in [0.1, 0.15) is 0 Å². The number of aromatic amines is 1. The molecule has 6 nitrogen and oxygen atoms in total. The Balaban J connectivity index is 2.27. The number of carbonyl (C=O) groups excluding carboxylic acids is 2. The van der Waals surface area contributed by atoms with Crippen LogP contribution < -0.4 is 11.1 Å². The monoisotopic (exact) mass is 272 g/mol. The van der Waals surface area contributed by atoms with Crippen LogP contribution in [0.15, 0.2) is 18.2 Å². The summed E-state index contributed by atoms with van der Waals surface area (Å²) in [4.78, 5) is 23.3. The van der Waals surface area contributed by atoms with Crippen LogP contribution in [0, 0.1) is 20.8 Å². The van der Waals surface area contributed by atoms with E-state index in [0.29, 0.717) is 28.2 Å². The van der Waals surface area contributed by atoms with Gasteiger partial charge in [-0.1, -0.05) is 0 Å². The van der Waals surface area contributed by atoms with Crippen LogP contribution in [-0.4, -0.2) is 22.0 Å². The molecule has 104 valence electrons. The third kappa shape index (κ3) is 2.54. The van der Waals surface area contributed by atoms with Crippen LogP contribution in [0.3, 0.4) is 0 Å². The quantitative estimate of drug-likeness (QED) is 0.792. The van der Waals surface area contributed by atoms with E-state index in [1.165, 1.54) is 0 Å². The molecule has 6 heteroatoms. The highest BCUT2D eigenvalue weighted by Crippen LogP contribution is 2.19. The lowest BCUT2D eigenvalue weighted by Gasteiger charge is -2.09. The maximum absolute atomic E-state index is 12.2. The molecule has 0 aliphatic carbocycles. The number of aromatic nitrogens is 2. The van der Waals surface area contributed by atoms with E-state index < -0.39 is 5.91 Å². The SMILES string of the molecule is Cc1cc(C(N)=O)ccc1NC(=O)c1c(C)n[nH]c1C. The molecule has 0 atom stereocenters. The summed E-state index contributed by atoms with van der Waals surface area (Å²) in [6.07, 6.45) is 0. The van der Waals surface area contributed by atoms with Crippen LogP contribution in [-0.2, 0) is 0 Å². The summed E-state index contributed by atoms with van der Waals surface area (Å²) in [6.45, 7) is 5.36. The van der Waals surface area contributed by atoms with E-state index in [2.05, 4.69) is 15.5 Å². The van der Waals surface area contributed by atoms with Crippen molar-refractivity contribution in [3.63, 3.8) is 0 Å². The molecule has 2 rings (SSSR count). The van der Waals surface area contributed by atoms with Gasteiger partial charge in [0.25, 0.3) is 5.91 Å². The number of rotatable bonds is 3. The van der Waals surface area contributed by atoms with E-state index in [9.17, 15) is 9.59 Å². The number of carbonyl (C=O) groups is 2. The number of amides is 2. The Labute approximate surface area is 116 Å². The third-order valence-electron chi connectivity index (χ3n) is 3.11. The van der Waals surface area contributed by atoms with Gasteiger partial charge in [0.15, 0.2) is 0 Å². The molecule has 0 radical (unpaired) electrons. The first-order valence-electron chi connectivity index (χ1n) is 6.13. The van der Waals surface area contributed by atoms with Crippen molar-refractivity contribution in [3.8, 4) is 0 Å². The number of nitrogens with two attached hydrogens (primary N) is 1. The minimum absolute atomic E-state index is 0.233. The van der Waals surface area contributed by atoms with Gasteiger partial charge in [-0.25, -0.2) is 0 Å². The second-order valence-electron chi connectivity index (χ2n) is 4.66. The van der Waals surface area contributed by atoms with Crippen LogP contribution in [0.2, 0.25) is 0 Å². The zero-order chi connectivity index (χ0) is 14.9. The summed E-state index contributed by atoms with van der Waals surface area (Å²) in [5.74, 6) is -0.726. The molecule has 0 aliphatic heterocycles. The zero-order valence-electron chi connectivity index (χ0n) is 11.6. The molecule has 0 bridgehead atoms. The molecule has 0 spiro atoms. The number of hydrogen-bond donors (Lipinski definition) is 3. The zero-order valence-corrected chi connectivity index (χ0v) is 11.6. The Morgan fingerprint density at radius 2 is 1.95 bits per heavy atom. The van der Waals surface area contributed by atoms with Crippen molar-refractivity contribution in [2.75, 3.05) is 5.32 Å². The first-order valence-corrected chi connectivity index (χ1v) is 6.13. The molecular formula is C14H16N4O2. The molecule has 0 saturated heterocycles. The Hall–Kier alpha value is -2.63. The molecule has 0 unspecified atom stereocenters. The molecule has 0 aliphatic rings. The van der Waals surface area contributed by atoms with Crippen LogP contribution >= 0.6 is 0 Å². The summed E-state index contributed by atoms with van der Waals surface area (Å²) in [6, 6.07) is 4.89. The molecule has 1 aromatic carbocycles. The van der Waals surface area contributed by atoms with Crippen molar-refractivity contribution in [1.82, 2.24) is 10.2 Å². The topological polar surface area (TPSA) is 101 Å². The minimum atomic E-state index is -0.493. The van der Waals surface area contributed by atoms with Gasteiger partial charge in [-0.15, -0.1) is 0 Å². The van der Waals surface area contributed by atoms with E-state index in [1.54, 1.807) is 39.0 Å². The highest BCUT2D eigenvalue weighted by atomic mass is 16.2. The second kappa shape index (κ2) is 5.16. The average Bonchev–Trinajstić information content (AvgIpc) is 2.71. The number of aryl methyl sites for hydroxylation is 3. The lowest BCUT2D eigenvalue weighted by atomic mass is 10.1. The number of benzene rings is 1.